The first-order chi connectivity index (χ1) is 12.6. The number of hydrogen-bond donors (Lipinski definition) is 1. The Kier molecular flexibility index (Phi) is 6.19. The number of carbonyl (C=O) groups excluding carboxylic acids is 1. The molecule has 2 aromatic rings. The minimum atomic E-state index is -0.213. The molecule has 3 rings (SSSR count). The van der Waals surface area contributed by atoms with E-state index in [1.807, 2.05) is 30.3 Å². The van der Waals surface area contributed by atoms with Gasteiger partial charge in [-0.15, -0.1) is 0 Å². The molecule has 0 bridgehead atoms. The maximum atomic E-state index is 12.3. The molecule has 1 aliphatic heterocycles. The molecule has 26 heavy (non-hydrogen) atoms. The lowest BCUT2D eigenvalue weighted by molar-refractivity contribution is -0.115. The minimum Gasteiger partial charge on any atom is -0.489 e. The van der Waals surface area contributed by atoms with Crippen molar-refractivity contribution in [1.82, 2.24) is 5.32 Å². The molecule has 0 spiro atoms. The highest BCUT2D eigenvalue weighted by molar-refractivity contribution is 9.10. The predicted molar refractivity (Wildman–Crippen MR) is 112 cm³/mol. The molecule has 1 fully saturated rings. The van der Waals surface area contributed by atoms with E-state index in [1.165, 1.54) is 11.8 Å². The van der Waals surface area contributed by atoms with Gasteiger partial charge in [0.2, 0.25) is 0 Å². The number of thioether (sulfide) groups is 1. The van der Waals surface area contributed by atoms with Gasteiger partial charge in [-0.1, -0.05) is 52.3 Å². The van der Waals surface area contributed by atoms with Crippen molar-refractivity contribution in [2.24, 2.45) is 4.99 Å². The van der Waals surface area contributed by atoms with Crippen LogP contribution in [0.3, 0.4) is 0 Å². The summed E-state index contributed by atoms with van der Waals surface area (Å²) in [5, 5.41) is 3.77. The number of nitrogens with one attached hydrogen (secondary N) is 1. The van der Waals surface area contributed by atoms with E-state index in [0.717, 1.165) is 10.0 Å². The highest BCUT2D eigenvalue weighted by atomic mass is 79.9. The third-order valence-corrected chi connectivity index (χ3v) is 5.06. The van der Waals surface area contributed by atoms with E-state index < -0.39 is 0 Å². The van der Waals surface area contributed by atoms with Gasteiger partial charge < -0.3 is 10.1 Å². The molecule has 0 saturated carbocycles. The second-order valence-corrected chi connectivity index (χ2v) is 7.57. The summed E-state index contributed by atoms with van der Waals surface area (Å²) in [7, 11) is 0. The Bertz CT molecular complexity index is 928. The van der Waals surface area contributed by atoms with Crippen molar-refractivity contribution in [2.45, 2.75) is 0 Å². The number of ether oxygens (including phenoxy) is 1. The first-order valence-corrected chi connectivity index (χ1v) is 9.63. The zero-order valence-corrected chi connectivity index (χ0v) is 16.7. The highest BCUT2D eigenvalue weighted by Gasteiger charge is 2.24. The van der Waals surface area contributed by atoms with E-state index in [2.05, 4.69) is 32.8 Å². The zero-order chi connectivity index (χ0) is 18.5. The molecule has 132 valence electrons. The van der Waals surface area contributed by atoms with Crippen molar-refractivity contribution in [1.29, 1.82) is 0 Å². The fraction of sp³-hybridized carbons (Fsp3) is 0.0526. The molecule has 1 amide bonds. The lowest BCUT2D eigenvalue weighted by Crippen LogP contribution is -2.19. The summed E-state index contributed by atoms with van der Waals surface area (Å²) >= 11 is 10.8. The zero-order valence-electron chi connectivity index (χ0n) is 13.5. The fourth-order valence-corrected chi connectivity index (χ4v) is 3.57. The average Bonchev–Trinajstić information content (AvgIpc) is 2.95. The number of aliphatic imine (C=N–C) groups is 1. The summed E-state index contributed by atoms with van der Waals surface area (Å²) in [4.78, 5) is 17.2. The van der Waals surface area contributed by atoms with Crippen LogP contribution in [0.5, 0.6) is 5.75 Å². The van der Waals surface area contributed by atoms with Crippen molar-refractivity contribution in [3.8, 4) is 5.75 Å². The molecule has 1 N–H and O–H groups in total. The lowest BCUT2D eigenvalue weighted by Gasteiger charge is -2.08. The quantitative estimate of drug-likeness (QED) is 0.480. The topological polar surface area (TPSA) is 50.7 Å². The van der Waals surface area contributed by atoms with Gasteiger partial charge >= 0.3 is 0 Å². The molecule has 1 aliphatic rings. The second kappa shape index (κ2) is 8.58. The molecule has 0 aliphatic carbocycles. The van der Waals surface area contributed by atoms with Gasteiger partial charge in [-0.25, -0.2) is 4.99 Å². The minimum absolute atomic E-state index is 0.213. The van der Waals surface area contributed by atoms with Gasteiger partial charge in [0.1, 0.15) is 12.4 Å². The summed E-state index contributed by atoms with van der Waals surface area (Å²) in [6.07, 6.45) is 3.45. The van der Waals surface area contributed by atoms with Crippen LogP contribution >= 0.6 is 39.3 Å². The number of hydrogen-bond acceptors (Lipinski definition) is 4. The summed E-state index contributed by atoms with van der Waals surface area (Å²) in [6, 6.07) is 12.8. The van der Waals surface area contributed by atoms with Crippen molar-refractivity contribution in [2.75, 3.05) is 6.61 Å². The third kappa shape index (κ3) is 4.58. The number of halogens is 2. The van der Waals surface area contributed by atoms with Crippen LogP contribution in [0.25, 0.3) is 6.08 Å². The molecule has 1 heterocycles. The molecule has 7 heteroatoms. The smallest absolute Gasteiger partial charge is 0.264 e. The van der Waals surface area contributed by atoms with E-state index in [-0.39, 0.29) is 5.91 Å². The summed E-state index contributed by atoms with van der Waals surface area (Å²) in [6.45, 7) is 4.04. The van der Waals surface area contributed by atoms with Crippen molar-refractivity contribution < 1.29 is 9.53 Å². The number of rotatable bonds is 5. The number of para-hydroxylation sites is 1. The standard InChI is InChI=1S/C19H14BrClN2O2S/c1-2-9-25-16-8-7-13(20)10-12(16)11-17-18(24)23-19(26-17)22-15-6-4-3-5-14(15)21/h2-8,10-11H,1,9H2,(H,22,23,24)/b17-11-. The van der Waals surface area contributed by atoms with Crippen molar-refractivity contribution >= 4 is 62.1 Å². The van der Waals surface area contributed by atoms with Gasteiger partial charge in [0.15, 0.2) is 5.17 Å². The van der Waals surface area contributed by atoms with E-state index in [4.69, 9.17) is 16.3 Å². The SMILES string of the molecule is C=CCOc1ccc(Br)cc1/C=C1\SC(=Nc2ccccc2Cl)NC1=O. The Morgan fingerprint density at radius 1 is 1.31 bits per heavy atom. The van der Waals surface area contributed by atoms with Crippen LogP contribution in [-0.2, 0) is 4.79 Å². The monoisotopic (exact) mass is 448 g/mol. The number of nitrogens with zero attached hydrogens (tertiary/aromatic N) is 1. The van der Waals surface area contributed by atoms with Crippen LogP contribution < -0.4 is 10.1 Å². The van der Waals surface area contributed by atoms with Gasteiger partial charge in [-0.3, -0.25) is 4.79 Å². The average molecular weight is 450 g/mol. The van der Waals surface area contributed by atoms with E-state index in [0.29, 0.717) is 33.1 Å². The van der Waals surface area contributed by atoms with E-state index >= 15 is 0 Å². The molecule has 0 unspecified atom stereocenters. The summed E-state index contributed by atoms with van der Waals surface area (Å²) in [5.41, 5.74) is 1.40. The number of amides is 1. The van der Waals surface area contributed by atoms with Gasteiger partial charge in [0.25, 0.3) is 5.91 Å². The van der Waals surface area contributed by atoms with Crippen LogP contribution in [0.15, 0.2) is 69.5 Å². The molecule has 1 saturated heterocycles. The van der Waals surface area contributed by atoms with Gasteiger partial charge in [0, 0.05) is 10.0 Å². The van der Waals surface area contributed by atoms with Crippen molar-refractivity contribution in [3.05, 3.63) is 75.1 Å². The van der Waals surface area contributed by atoms with Crippen LogP contribution in [0, 0.1) is 0 Å². The Balaban J connectivity index is 1.89. The van der Waals surface area contributed by atoms with E-state index in [9.17, 15) is 4.79 Å². The lowest BCUT2D eigenvalue weighted by atomic mass is 10.2. The highest BCUT2D eigenvalue weighted by Crippen LogP contribution is 2.33. The Morgan fingerprint density at radius 3 is 2.88 bits per heavy atom. The van der Waals surface area contributed by atoms with Crippen LogP contribution in [0.1, 0.15) is 5.56 Å². The Hall–Kier alpha value is -2.02. The molecule has 0 radical (unpaired) electrons. The maximum absolute atomic E-state index is 12.3. The van der Waals surface area contributed by atoms with Crippen LogP contribution in [0.2, 0.25) is 5.02 Å². The van der Waals surface area contributed by atoms with Gasteiger partial charge in [-0.2, -0.15) is 0 Å². The summed E-state index contributed by atoms with van der Waals surface area (Å²) < 4.78 is 6.55. The normalized spacial score (nSPS) is 16.8. The van der Waals surface area contributed by atoms with Gasteiger partial charge in [0.05, 0.1) is 15.6 Å². The Morgan fingerprint density at radius 2 is 2.12 bits per heavy atom. The predicted octanol–water partition coefficient (Wildman–Crippen LogP) is 5.56. The number of carbonyl (C=O) groups is 1. The molecular formula is C19H14BrClN2O2S. The first-order valence-electron chi connectivity index (χ1n) is 7.64. The Labute approximate surface area is 169 Å². The third-order valence-electron chi connectivity index (χ3n) is 3.34. The fourth-order valence-electron chi connectivity index (χ4n) is 2.19. The van der Waals surface area contributed by atoms with Gasteiger partial charge in [-0.05, 0) is 48.2 Å². The second-order valence-electron chi connectivity index (χ2n) is 5.21. The molecular weight excluding hydrogens is 436 g/mol. The molecule has 4 nitrogen and oxygen atoms in total. The first kappa shape index (κ1) is 18.8. The maximum Gasteiger partial charge on any atom is 0.264 e. The largest absolute Gasteiger partial charge is 0.489 e. The number of benzene rings is 2. The van der Waals surface area contributed by atoms with Crippen molar-refractivity contribution in [3.63, 3.8) is 0 Å². The van der Waals surface area contributed by atoms with Crippen LogP contribution in [-0.4, -0.2) is 17.7 Å². The van der Waals surface area contributed by atoms with Crippen LogP contribution in [0.4, 0.5) is 5.69 Å². The summed E-state index contributed by atoms with van der Waals surface area (Å²) in [5.74, 6) is 0.459. The molecule has 0 aromatic heterocycles. The molecule has 0 atom stereocenters. The number of amidine groups is 1. The molecule has 2 aromatic carbocycles. The van der Waals surface area contributed by atoms with E-state index in [1.54, 1.807) is 24.3 Å².